The summed E-state index contributed by atoms with van der Waals surface area (Å²) in [4.78, 5) is 4.32. The van der Waals surface area contributed by atoms with E-state index in [1.807, 2.05) is 24.3 Å². The molecule has 2 aromatic rings. The van der Waals surface area contributed by atoms with Gasteiger partial charge in [-0.1, -0.05) is 50.6 Å². The first-order valence-corrected chi connectivity index (χ1v) is 5.42. The summed E-state index contributed by atoms with van der Waals surface area (Å²) < 4.78 is 0. The van der Waals surface area contributed by atoms with Crippen LogP contribution >= 0.6 is 11.6 Å². The van der Waals surface area contributed by atoms with Crippen LogP contribution in [0.3, 0.4) is 0 Å². The number of para-hydroxylation sites is 1. The zero-order valence-electron chi connectivity index (χ0n) is 9.21. The molecule has 0 bridgehead atoms. The van der Waals surface area contributed by atoms with E-state index in [9.17, 15) is 0 Å². The van der Waals surface area contributed by atoms with E-state index in [1.165, 1.54) is 10.9 Å². The maximum atomic E-state index is 6.02. The summed E-state index contributed by atoms with van der Waals surface area (Å²) >= 11 is 6.02. The van der Waals surface area contributed by atoms with E-state index < -0.39 is 0 Å². The molecule has 0 saturated carbocycles. The maximum absolute atomic E-state index is 6.02. The average Bonchev–Trinajstić information content (AvgIpc) is 2.15. The minimum Gasteiger partial charge on any atom is -0.236 e. The predicted octanol–water partition coefficient (Wildman–Crippen LogP) is 4.19. The van der Waals surface area contributed by atoms with Crippen molar-refractivity contribution < 1.29 is 0 Å². The molecule has 78 valence electrons. The van der Waals surface area contributed by atoms with Crippen molar-refractivity contribution in [2.45, 2.75) is 26.2 Å². The first-order valence-electron chi connectivity index (χ1n) is 5.04. The number of rotatable bonds is 0. The summed E-state index contributed by atoms with van der Waals surface area (Å²) in [5, 5.41) is 1.76. The van der Waals surface area contributed by atoms with Crippen molar-refractivity contribution in [3.05, 3.63) is 41.0 Å². The van der Waals surface area contributed by atoms with Gasteiger partial charge in [0, 0.05) is 5.39 Å². The summed E-state index contributed by atoms with van der Waals surface area (Å²) in [6.07, 6.45) is 0. The van der Waals surface area contributed by atoms with Gasteiger partial charge in [0.15, 0.2) is 0 Å². The van der Waals surface area contributed by atoms with E-state index in [0.29, 0.717) is 5.15 Å². The average molecular weight is 220 g/mol. The molecule has 0 spiro atoms. The lowest BCUT2D eigenvalue weighted by atomic mass is 9.85. The molecule has 0 N–H and O–H groups in total. The molecular weight excluding hydrogens is 206 g/mol. The van der Waals surface area contributed by atoms with E-state index in [1.54, 1.807) is 0 Å². The quantitative estimate of drug-likeness (QED) is 0.606. The zero-order chi connectivity index (χ0) is 11.1. The number of fused-ring (bicyclic) bond motifs is 1. The predicted molar refractivity (Wildman–Crippen MR) is 65.5 cm³/mol. The molecule has 0 amide bonds. The smallest absolute Gasteiger partial charge is 0.130 e. The van der Waals surface area contributed by atoms with Gasteiger partial charge in [-0.3, -0.25) is 0 Å². The zero-order valence-corrected chi connectivity index (χ0v) is 9.97. The molecule has 0 aliphatic rings. The number of hydrogen-bond acceptors (Lipinski definition) is 1. The molecule has 2 heteroatoms. The Kier molecular flexibility index (Phi) is 2.43. The molecule has 1 heterocycles. The number of pyridine rings is 1. The highest BCUT2D eigenvalue weighted by atomic mass is 35.5. The van der Waals surface area contributed by atoms with E-state index >= 15 is 0 Å². The van der Waals surface area contributed by atoms with Gasteiger partial charge >= 0.3 is 0 Å². The number of benzene rings is 1. The molecule has 0 aliphatic carbocycles. The number of halogens is 1. The van der Waals surface area contributed by atoms with Crippen molar-refractivity contribution in [2.75, 3.05) is 0 Å². The van der Waals surface area contributed by atoms with E-state index in [0.717, 1.165) is 5.52 Å². The van der Waals surface area contributed by atoms with Crippen LogP contribution in [-0.4, -0.2) is 4.98 Å². The fraction of sp³-hybridized carbons (Fsp3) is 0.308. The Balaban J connectivity index is 2.83. The van der Waals surface area contributed by atoms with Crippen molar-refractivity contribution in [1.82, 2.24) is 4.98 Å². The Labute approximate surface area is 95.1 Å². The second-order valence-corrected chi connectivity index (χ2v) is 5.15. The molecule has 1 aromatic heterocycles. The third-order valence-electron chi connectivity index (χ3n) is 2.49. The largest absolute Gasteiger partial charge is 0.236 e. The Bertz CT molecular complexity index is 497. The van der Waals surface area contributed by atoms with Gasteiger partial charge in [-0.2, -0.15) is 0 Å². The Morgan fingerprint density at radius 3 is 2.47 bits per heavy atom. The highest BCUT2D eigenvalue weighted by molar-refractivity contribution is 6.30. The molecule has 2 rings (SSSR count). The van der Waals surface area contributed by atoms with Crippen LogP contribution in [0.4, 0.5) is 0 Å². The van der Waals surface area contributed by atoms with Crippen LogP contribution in [0.1, 0.15) is 26.3 Å². The lowest BCUT2D eigenvalue weighted by Crippen LogP contribution is -2.12. The van der Waals surface area contributed by atoms with E-state index in [4.69, 9.17) is 11.6 Å². The topological polar surface area (TPSA) is 12.9 Å². The van der Waals surface area contributed by atoms with Gasteiger partial charge in [0.05, 0.1) is 5.52 Å². The van der Waals surface area contributed by atoms with Gasteiger partial charge in [0.1, 0.15) is 5.15 Å². The van der Waals surface area contributed by atoms with Gasteiger partial charge in [-0.15, -0.1) is 0 Å². The van der Waals surface area contributed by atoms with Gasteiger partial charge in [0.2, 0.25) is 0 Å². The van der Waals surface area contributed by atoms with E-state index in [-0.39, 0.29) is 5.41 Å². The molecule has 0 aliphatic heterocycles. The molecule has 0 atom stereocenters. The number of nitrogens with zero attached hydrogens (tertiary/aromatic N) is 1. The summed E-state index contributed by atoms with van der Waals surface area (Å²) in [6.45, 7) is 6.56. The third kappa shape index (κ3) is 1.98. The third-order valence-corrected chi connectivity index (χ3v) is 2.69. The molecule has 1 nitrogen and oxygen atoms in total. The number of aromatic nitrogens is 1. The molecule has 0 radical (unpaired) electrons. The van der Waals surface area contributed by atoms with Gasteiger partial charge in [-0.05, 0) is 23.1 Å². The van der Waals surface area contributed by atoms with Crippen molar-refractivity contribution in [3.8, 4) is 0 Å². The van der Waals surface area contributed by atoms with Crippen molar-refractivity contribution in [3.63, 3.8) is 0 Å². The lowest BCUT2D eigenvalue weighted by molar-refractivity contribution is 0.595. The lowest BCUT2D eigenvalue weighted by Gasteiger charge is -2.21. The molecular formula is C13H14ClN. The van der Waals surface area contributed by atoms with Gasteiger partial charge in [0.25, 0.3) is 0 Å². The monoisotopic (exact) mass is 219 g/mol. The first-order chi connectivity index (χ1) is 6.98. The molecule has 1 aromatic carbocycles. The van der Waals surface area contributed by atoms with Crippen LogP contribution in [0.5, 0.6) is 0 Å². The minimum absolute atomic E-state index is 0.0895. The van der Waals surface area contributed by atoms with Crippen LogP contribution in [0.15, 0.2) is 30.3 Å². The van der Waals surface area contributed by atoms with Crippen molar-refractivity contribution in [2.24, 2.45) is 0 Å². The highest BCUT2D eigenvalue weighted by Gasteiger charge is 2.17. The normalized spacial score (nSPS) is 12.0. The first kappa shape index (κ1) is 10.4. The van der Waals surface area contributed by atoms with Gasteiger partial charge < -0.3 is 0 Å². The molecule has 0 saturated heterocycles. The highest BCUT2D eigenvalue weighted by Crippen LogP contribution is 2.30. The fourth-order valence-corrected chi connectivity index (χ4v) is 1.96. The van der Waals surface area contributed by atoms with E-state index in [2.05, 4.69) is 31.8 Å². The fourth-order valence-electron chi connectivity index (χ4n) is 1.76. The van der Waals surface area contributed by atoms with Crippen LogP contribution in [0.25, 0.3) is 10.9 Å². The summed E-state index contributed by atoms with van der Waals surface area (Å²) in [6, 6.07) is 10.1. The second kappa shape index (κ2) is 3.49. The van der Waals surface area contributed by atoms with Crippen molar-refractivity contribution in [1.29, 1.82) is 0 Å². The Morgan fingerprint density at radius 1 is 1.13 bits per heavy atom. The molecule has 0 fully saturated rings. The van der Waals surface area contributed by atoms with Gasteiger partial charge in [-0.25, -0.2) is 4.98 Å². The summed E-state index contributed by atoms with van der Waals surface area (Å²) in [5.74, 6) is 0. The Hall–Kier alpha value is -1.08. The van der Waals surface area contributed by atoms with Crippen molar-refractivity contribution >= 4 is 22.5 Å². The second-order valence-electron chi connectivity index (χ2n) is 4.76. The van der Waals surface area contributed by atoms with Crippen LogP contribution in [0.2, 0.25) is 5.15 Å². The molecule has 0 unspecified atom stereocenters. The van der Waals surface area contributed by atoms with Crippen LogP contribution in [0, 0.1) is 0 Å². The SMILES string of the molecule is CC(C)(C)c1cc(Cl)nc2ccccc12. The molecule has 15 heavy (non-hydrogen) atoms. The maximum Gasteiger partial charge on any atom is 0.130 e. The minimum atomic E-state index is 0.0895. The standard InChI is InChI=1S/C13H14ClN/c1-13(2,3)10-8-12(14)15-11-7-5-4-6-9(10)11/h4-8H,1-3H3. The summed E-state index contributed by atoms with van der Waals surface area (Å²) in [7, 11) is 0. The summed E-state index contributed by atoms with van der Waals surface area (Å²) in [5.41, 5.74) is 2.31. The van der Waals surface area contributed by atoms with Crippen LogP contribution in [-0.2, 0) is 5.41 Å². The van der Waals surface area contributed by atoms with Crippen LogP contribution < -0.4 is 0 Å². The Morgan fingerprint density at radius 2 is 1.80 bits per heavy atom. The number of hydrogen-bond donors (Lipinski definition) is 0.